The molecule has 0 unspecified atom stereocenters. The molecular formula is C33H47NO13. The van der Waals surface area contributed by atoms with E-state index in [2.05, 4.69) is 0 Å². The highest BCUT2D eigenvalue weighted by Crippen LogP contribution is 2.39. The van der Waals surface area contributed by atoms with Crippen LogP contribution >= 0.6 is 0 Å². The zero-order valence-corrected chi connectivity index (χ0v) is 26.4. The van der Waals surface area contributed by atoms with Crippen LogP contribution in [0, 0.1) is 5.92 Å². The minimum Gasteiger partial charge on any atom is -0.481 e. The van der Waals surface area contributed by atoms with Crippen LogP contribution in [-0.4, -0.2) is 122 Å². The summed E-state index contributed by atoms with van der Waals surface area (Å²) in [6, 6.07) is -1.08. The van der Waals surface area contributed by atoms with Gasteiger partial charge in [0.05, 0.1) is 48.8 Å². The summed E-state index contributed by atoms with van der Waals surface area (Å²) in [5, 5.41) is 63.9. The third kappa shape index (κ3) is 10.6. The lowest BCUT2D eigenvalue weighted by Crippen LogP contribution is -2.61. The highest BCUT2D eigenvalue weighted by Gasteiger charge is 2.51. The zero-order chi connectivity index (χ0) is 34.3. The van der Waals surface area contributed by atoms with Gasteiger partial charge in [-0.05, 0) is 19.9 Å². The molecule has 2 bridgehead atoms. The van der Waals surface area contributed by atoms with E-state index < -0.39 is 97.3 Å². The van der Waals surface area contributed by atoms with Crippen LogP contribution in [0.4, 0.5) is 0 Å². The van der Waals surface area contributed by atoms with Crippen LogP contribution in [0.3, 0.4) is 0 Å². The fraction of sp³-hybridized carbons (Fsp3) is 0.636. The van der Waals surface area contributed by atoms with Crippen LogP contribution < -0.4 is 5.73 Å². The maximum Gasteiger partial charge on any atom is 0.330 e. The number of epoxide rings is 1. The number of aliphatic hydroxyl groups excluding tert-OH is 4. The predicted octanol–water partition coefficient (Wildman–Crippen LogP) is 0.120. The molecule has 3 fully saturated rings. The van der Waals surface area contributed by atoms with E-state index in [1.807, 2.05) is 6.08 Å². The van der Waals surface area contributed by atoms with Gasteiger partial charge in [-0.25, -0.2) is 4.79 Å². The van der Waals surface area contributed by atoms with Crippen molar-refractivity contribution in [3.8, 4) is 0 Å². The first kappa shape index (κ1) is 37.1. The first-order valence-corrected chi connectivity index (χ1v) is 15.9. The lowest BCUT2D eigenvalue weighted by Gasteiger charge is -2.45. The second-order valence-corrected chi connectivity index (χ2v) is 12.6. The molecule has 0 saturated carbocycles. The summed E-state index contributed by atoms with van der Waals surface area (Å²) in [4.78, 5) is 24.4. The van der Waals surface area contributed by atoms with Gasteiger partial charge in [0.1, 0.15) is 24.2 Å². The van der Waals surface area contributed by atoms with E-state index >= 15 is 0 Å². The number of fused-ring (bicyclic) bond motifs is 3. The van der Waals surface area contributed by atoms with Crippen molar-refractivity contribution in [1.82, 2.24) is 0 Å². The van der Waals surface area contributed by atoms with Crippen LogP contribution in [0.2, 0.25) is 0 Å². The molecule has 4 heterocycles. The summed E-state index contributed by atoms with van der Waals surface area (Å²) < 4.78 is 28.5. The van der Waals surface area contributed by atoms with Gasteiger partial charge in [0.25, 0.3) is 0 Å². The molecule has 4 aliphatic heterocycles. The second-order valence-electron chi connectivity index (χ2n) is 12.6. The largest absolute Gasteiger partial charge is 0.481 e. The van der Waals surface area contributed by atoms with E-state index in [9.17, 15) is 40.2 Å². The molecule has 0 amide bonds. The van der Waals surface area contributed by atoms with Gasteiger partial charge in [0.2, 0.25) is 0 Å². The number of aliphatic carboxylic acids is 1. The van der Waals surface area contributed by atoms with Gasteiger partial charge in [0, 0.05) is 38.2 Å². The highest BCUT2D eigenvalue weighted by atomic mass is 16.7. The molecule has 0 aromatic rings. The maximum absolute atomic E-state index is 12.3. The highest BCUT2D eigenvalue weighted by molar-refractivity contribution is 5.82. The lowest BCUT2D eigenvalue weighted by molar-refractivity contribution is -0.308. The fourth-order valence-corrected chi connectivity index (χ4v) is 6.00. The molecule has 262 valence electrons. The van der Waals surface area contributed by atoms with Crippen molar-refractivity contribution in [2.75, 3.05) is 0 Å². The van der Waals surface area contributed by atoms with Gasteiger partial charge in [0.15, 0.2) is 12.1 Å². The monoisotopic (exact) mass is 665 g/mol. The first-order chi connectivity index (χ1) is 22.3. The number of aliphatic hydroxyl groups is 5. The Labute approximate surface area is 273 Å². The van der Waals surface area contributed by atoms with E-state index in [4.69, 9.17) is 29.4 Å². The summed E-state index contributed by atoms with van der Waals surface area (Å²) in [6.45, 7) is 3.34. The standard InChI is InChI=1S/C33H47NO13/c1-18-10-8-6-4-3-5-7-9-11-21(45-32-30(39)28(34)29(38)19(2)44-32)15-25-27(31(40)41)22(36)17-33(42,47-25)16-20(35)14-24-23(46-24)12-13-26(37)43-18/h3-9,11-13,18-25,27-30,32,35-36,38-39,42H,10,14-17,34H2,1-2H3,(H,40,41)/b4-3+,7-5+,8-6+,11-9+,13-12+/t18-,19-,20-,21+,22+,23-,24+,25-,27+,28+,29+,30+,32+,33+/m1/s1. The van der Waals surface area contributed by atoms with Gasteiger partial charge in [-0.2, -0.15) is 0 Å². The lowest BCUT2D eigenvalue weighted by atomic mass is 9.83. The summed E-state index contributed by atoms with van der Waals surface area (Å²) >= 11 is 0. The molecule has 8 N–H and O–H groups in total. The first-order valence-electron chi connectivity index (χ1n) is 15.9. The number of rotatable bonds is 3. The maximum atomic E-state index is 12.3. The molecule has 0 aromatic carbocycles. The van der Waals surface area contributed by atoms with Crippen LogP contribution in [0.5, 0.6) is 0 Å². The minimum atomic E-state index is -2.10. The average Bonchev–Trinajstić information content (AvgIpc) is 3.72. The van der Waals surface area contributed by atoms with E-state index in [-0.39, 0.29) is 25.4 Å². The number of nitrogens with two attached hydrogens (primary N) is 1. The molecule has 4 rings (SSSR count). The van der Waals surface area contributed by atoms with Crippen LogP contribution in [-0.2, 0) is 33.3 Å². The van der Waals surface area contributed by atoms with Crippen molar-refractivity contribution in [3.63, 3.8) is 0 Å². The number of esters is 1. The van der Waals surface area contributed by atoms with Crippen molar-refractivity contribution >= 4 is 11.9 Å². The number of cyclic esters (lactones) is 1. The van der Waals surface area contributed by atoms with Crippen LogP contribution in [0.1, 0.15) is 46.0 Å². The van der Waals surface area contributed by atoms with Crippen molar-refractivity contribution in [2.24, 2.45) is 11.7 Å². The number of hydrogen-bond acceptors (Lipinski definition) is 13. The Bertz CT molecular complexity index is 1220. The number of carboxylic acid groups (broad SMARTS) is 1. The fourth-order valence-electron chi connectivity index (χ4n) is 6.00. The number of carbonyl (C=O) groups excluding carboxylic acids is 1. The van der Waals surface area contributed by atoms with Crippen molar-refractivity contribution < 1.29 is 63.9 Å². The van der Waals surface area contributed by atoms with E-state index in [0.717, 1.165) is 0 Å². The Hall–Kier alpha value is -2.76. The molecule has 14 atom stereocenters. The van der Waals surface area contributed by atoms with Gasteiger partial charge in [-0.15, -0.1) is 0 Å². The molecule has 0 aromatic heterocycles. The number of carboxylic acids is 1. The van der Waals surface area contributed by atoms with Gasteiger partial charge >= 0.3 is 11.9 Å². The number of allylic oxidation sites excluding steroid dienone is 6. The zero-order valence-electron chi connectivity index (χ0n) is 26.4. The smallest absolute Gasteiger partial charge is 0.330 e. The van der Waals surface area contributed by atoms with Gasteiger partial charge in [-0.3, -0.25) is 4.79 Å². The van der Waals surface area contributed by atoms with E-state index in [1.165, 1.54) is 12.2 Å². The second kappa shape index (κ2) is 16.6. The SMILES string of the molecule is C[C@@H]1C/C=C/C=C/C=C/C=C/[C@H](O[C@@H]2O[C@H](C)[C@H](O)[C@H](N)[C@@H]2O)C[C@H]2O[C@@](O)(C[C@H](O)C[C@@H]3O[C@@H]3/C=C/C(=O)O1)C[C@H](O)[C@@H]2C(=O)O. The molecule has 0 aliphatic carbocycles. The topological polar surface area (TPSA) is 231 Å². The molecule has 0 radical (unpaired) electrons. The summed E-state index contributed by atoms with van der Waals surface area (Å²) in [6.07, 6.45) is 5.25. The molecule has 47 heavy (non-hydrogen) atoms. The molecule has 0 spiro atoms. The third-order valence-electron chi connectivity index (χ3n) is 8.58. The molecular weight excluding hydrogens is 618 g/mol. The Morgan fingerprint density at radius 1 is 0.936 bits per heavy atom. The van der Waals surface area contributed by atoms with Gasteiger partial charge < -0.3 is 60.1 Å². The quantitative estimate of drug-likeness (QED) is 0.157. The van der Waals surface area contributed by atoms with Crippen molar-refractivity contribution in [2.45, 2.75) is 125 Å². The number of ether oxygens (including phenoxy) is 5. The number of carbonyl (C=O) groups is 2. The third-order valence-corrected chi connectivity index (χ3v) is 8.58. The normalized spacial score (nSPS) is 47.2. The Kier molecular flexibility index (Phi) is 13.1. The Morgan fingerprint density at radius 2 is 1.64 bits per heavy atom. The molecule has 14 nitrogen and oxygen atoms in total. The van der Waals surface area contributed by atoms with E-state index in [1.54, 1.807) is 56.4 Å². The summed E-state index contributed by atoms with van der Waals surface area (Å²) in [5.74, 6) is -5.45. The summed E-state index contributed by atoms with van der Waals surface area (Å²) in [5.41, 5.74) is 5.98. The van der Waals surface area contributed by atoms with E-state index in [0.29, 0.717) is 6.42 Å². The summed E-state index contributed by atoms with van der Waals surface area (Å²) in [7, 11) is 0. The van der Waals surface area contributed by atoms with Crippen molar-refractivity contribution in [3.05, 3.63) is 60.8 Å². The van der Waals surface area contributed by atoms with Crippen molar-refractivity contribution in [1.29, 1.82) is 0 Å². The van der Waals surface area contributed by atoms with Crippen LogP contribution in [0.25, 0.3) is 0 Å². The average molecular weight is 666 g/mol. The minimum absolute atomic E-state index is 0.0789. The molecule has 14 heteroatoms. The molecule has 4 aliphatic rings. The number of hydrogen-bond donors (Lipinski definition) is 7. The molecule has 3 saturated heterocycles. The van der Waals surface area contributed by atoms with Crippen LogP contribution in [0.15, 0.2) is 60.8 Å². The Balaban J connectivity index is 1.58. The van der Waals surface area contributed by atoms with Gasteiger partial charge in [-0.1, -0.05) is 48.6 Å². The Morgan fingerprint density at radius 3 is 2.36 bits per heavy atom. The predicted molar refractivity (Wildman–Crippen MR) is 165 cm³/mol.